The first-order valence-electron chi connectivity index (χ1n) is 7.25. The molecule has 0 bridgehead atoms. The van der Waals surface area contributed by atoms with Crippen molar-refractivity contribution in [3.63, 3.8) is 0 Å². The summed E-state index contributed by atoms with van der Waals surface area (Å²) in [6, 6.07) is 6.00. The van der Waals surface area contributed by atoms with Crippen molar-refractivity contribution in [1.82, 2.24) is 5.32 Å². The highest BCUT2D eigenvalue weighted by Crippen LogP contribution is 2.31. The van der Waals surface area contributed by atoms with Gasteiger partial charge in [0.25, 0.3) is 0 Å². The Kier molecular flexibility index (Phi) is 7.41. The number of benzene rings is 1. The lowest BCUT2D eigenvalue weighted by molar-refractivity contribution is 0.234. The van der Waals surface area contributed by atoms with E-state index in [9.17, 15) is 5.11 Å². The highest BCUT2D eigenvalue weighted by Gasteiger charge is 2.12. The second kappa shape index (κ2) is 8.82. The molecule has 2 N–H and O–H groups in total. The van der Waals surface area contributed by atoms with E-state index in [-0.39, 0.29) is 12.6 Å². The van der Waals surface area contributed by atoms with Gasteiger partial charge >= 0.3 is 0 Å². The topological polar surface area (TPSA) is 50.7 Å². The van der Waals surface area contributed by atoms with E-state index in [1.54, 1.807) is 7.11 Å². The van der Waals surface area contributed by atoms with E-state index in [1.165, 1.54) is 0 Å². The van der Waals surface area contributed by atoms with Gasteiger partial charge in [-0.05, 0) is 18.4 Å². The molecule has 0 heterocycles. The van der Waals surface area contributed by atoms with E-state index >= 15 is 0 Å². The Morgan fingerprint density at radius 3 is 2.60 bits per heavy atom. The van der Waals surface area contributed by atoms with E-state index in [1.807, 2.05) is 18.2 Å². The second-order valence-electron chi connectivity index (χ2n) is 5.32. The molecule has 0 aliphatic rings. The summed E-state index contributed by atoms with van der Waals surface area (Å²) < 4.78 is 11.3. The molecule has 1 aromatic carbocycles. The monoisotopic (exact) mass is 281 g/mol. The van der Waals surface area contributed by atoms with Gasteiger partial charge in [0.2, 0.25) is 0 Å². The van der Waals surface area contributed by atoms with Crippen molar-refractivity contribution < 1.29 is 14.6 Å². The summed E-state index contributed by atoms with van der Waals surface area (Å²) in [6.07, 6.45) is 0.892. The fourth-order valence-corrected chi connectivity index (χ4v) is 1.87. The number of rotatable bonds is 9. The number of hydrogen-bond acceptors (Lipinski definition) is 4. The molecule has 1 rings (SSSR count). The van der Waals surface area contributed by atoms with Crippen molar-refractivity contribution in [3.05, 3.63) is 23.8 Å². The fraction of sp³-hybridized carbons (Fsp3) is 0.625. The second-order valence-corrected chi connectivity index (χ2v) is 5.32. The molecule has 0 aliphatic heterocycles. The Morgan fingerprint density at radius 2 is 2.05 bits per heavy atom. The van der Waals surface area contributed by atoms with Crippen LogP contribution in [0.3, 0.4) is 0 Å². The Hall–Kier alpha value is -1.26. The van der Waals surface area contributed by atoms with Gasteiger partial charge < -0.3 is 19.9 Å². The molecule has 114 valence electrons. The lowest BCUT2D eigenvalue weighted by atomic mass is 10.1. The summed E-state index contributed by atoms with van der Waals surface area (Å²) in [7, 11) is 1.65. The van der Waals surface area contributed by atoms with Crippen LogP contribution in [0.15, 0.2) is 18.2 Å². The molecule has 0 radical (unpaired) electrons. The average Bonchev–Trinajstić information content (AvgIpc) is 2.46. The number of nitrogens with one attached hydrogen (secondary N) is 1. The van der Waals surface area contributed by atoms with Gasteiger partial charge in [-0.25, -0.2) is 0 Å². The molecular weight excluding hydrogens is 254 g/mol. The largest absolute Gasteiger partial charge is 0.493 e. The quantitative estimate of drug-likeness (QED) is 0.730. The van der Waals surface area contributed by atoms with Crippen molar-refractivity contribution in [1.29, 1.82) is 0 Å². The summed E-state index contributed by atoms with van der Waals surface area (Å²) in [4.78, 5) is 0. The summed E-state index contributed by atoms with van der Waals surface area (Å²) >= 11 is 0. The number of ether oxygens (including phenoxy) is 2. The maximum atomic E-state index is 9.23. The van der Waals surface area contributed by atoms with Crippen LogP contribution >= 0.6 is 0 Å². The number of hydrogen-bond donors (Lipinski definition) is 2. The van der Waals surface area contributed by atoms with E-state index in [4.69, 9.17) is 9.47 Å². The maximum absolute atomic E-state index is 9.23. The van der Waals surface area contributed by atoms with Crippen LogP contribution in [0.5, 0.6) is 11.5 Å². The Morgan fingerprint density at radius 1 is 1.30 bits per heavy atom. The third-order valence-electron chi connectivity index (χ3n) is 3.14. The number of methoxy groups -OCH3 is 1. The zero-order chi connectivity index (χ0) is 15.0. The van der Waals surface area contributed by atoms with Crippen LogP contribution in [-0.2, 0) is 6.54 Å². The zero-order valence-electron chi connectivity index (χ0n) is 13.0. The van der Waals surface area contributed by atoms with Gasteiger partial charge in [0.1, 0.15) is 0 Å². The van der Waals surface area contributed by atoms with Crippen molar-refractivity contribution in [2.24, 2.45) is 5.92 Å². The standard InChI is InChI=1S/C16H27NO3/c1-5-14(10-18)17-9-13-7-6-8-15(19-4)16(13)20-11-12(2)3/h6-8,12,14,17-18H,5,9-11H2,1-4H3. The minimum absolute atomic E-state index is 0.110. The average molecular weight is 281 g/mol. The molecule has 4 heteroatoms. The van der Waals surface area contributed by atoms with Crippen molar-refractivity contribution >= 4 is 0 Å². The molecule has 20 heavy (non-hydrogen) atoms. The highest BCUT2D eigenvalue weighted by atomic mass is 16.5. The van der Waals surface area contributed by atoms with Crippen LogP contribution in [-0.4, -0.2) is 31.5 Å². The third kappa shape index (κ3) is 5.02. The van der Waals surface area contributed by atoms with Crippen molar-refractivity contribution in [2.75, 3.05) is 20.3 Å². The normalized spacial score (nSPS) is 12.5. The van der Waals surface area contributed by atoms with Gasteiger partial charge in [0.05, 0.1) is 20.3 Å². The SMILES string of the molecule is CCC(CO)NCc1cccc(OC)c1OCC(C)C. The Labute approximate surface area is 122 Å². The van der Waals surface area contributed by atoms with Crippen molar-refractivity contribution in [2.45, 2.75) is 39.8 Å². The molecule has 0 saturated heterocycles. The number of aliphatic hydroxyl groups excluding tert-OH is 1. The summed E-state index contributed by atoms with van der Waals surface area (Å²) in [6.45, 7) is 7.74. The molecule has 1 aromatic rings. The van der Waals surface area contributed by atoms with Crippen LogP contribution in [0.1, 0.15) is 32.8 Å². The van der Waals surface area contributed by atoms with Crippen molar-refractivity contribution in [3.8, 4) is 11.5 Å². The van der Waals surface area contributed by atoms with E-state index in [0.29, 0.717) is 19.1 Å². The van der Waals surface area contributed by atoms with E-state index in [2.05, 4.69) is 26.1 Å². The van der Waals surface area contributed by atoms with Crippen LogP contribution in [0.4, 0.5) is 0 Å². The Balaban J connectivity index is 2.82. The molecule has 0 aliphatic carbocycles. The number of para-hydroxylation sites is 1. The zero-order valence-corrected chi connectivity index (χ0v) is 13.0. The molecule has 0 amide bonds. The smallest absolute Gasteiger partial charge is 0.165 e. The summed E-state index contributed by atoms with van der Waals surface area (Å²) in [5.41, 5.74) is 1.05. The number of aliphatic hydroxyl groups is 1. The molecule has 0 fully saturated rings. The molecule has 0 spiro atoms. The maximum Gasteiger partial charge on any atom is 0.165 e. The van der Waals surface area contributed by atoms with Gasteiger partial charge in [-0.3, -0.25) is 0 Å². The third-order valence-corrected chi connectivity index (χ3v) is 3.14. The van der Waals surface area contributed by atoms with Crippen LogP contribution < -0.4 is 14.8 Å². The minimum atomic E-state index is 0.110. The van der Waals surface area contributed by atoms with Gasteiger partial charge in [-0.15, -0.1) is 0 Å². The first-order chi connectivity index (χ1) is 9.62. The van der Waals surface area contributed by atoms with Crippen LogP contribution in [0.2, 0.25) is 0 Å². The molecular formula is C16H27NO3. The van der Waals surface area contributed by atoms with Gasteiger partial charge in [-0.2, -0.15) is 0 Å². The minimum Gasteiger partial charge on any atom is -0.493 e. The fourth-order valence-electron chi connectivity index (χ4n) is 1.87. The van der Waals surface area contributed by atoms with E-state index in [0.717, 1.165) is 23.5 Å². The molecule has 1 unspecified atom stereocenters. The van der Waals surface area contributed by atoms with Crippen LogP contribution in [0, 0.1) is 5.92 Å². The highest BCUT2D eigenvalue weighted by molar-refractivity contribution is 5.46. The molecule has 0 saturated carbocycles. The van der Waals surface area contributed by atoms with Gasteiger partial charge in [-0.1, -0.05) is 32.9 Å². The lowest BCUT2D eigenvalue weighted by Crippen LogP contribution is -2.31. The Bertz CT molecular complexity index is 389. The first-order valence-corrected chi connectivity index (χ1v) is 7.25. The summed E-state index contributed by atoms with van der Waals surface area (Å²) in [5, 5.41) is 12.6. The first kappa shape index (κ1) is 16.8. The molecule has 1 atom stereocenters. The van der Waals surface area contributed by atoms with Crippen LogP contribution in [0.25, 0.3) is 0 Å². The van der Waals surface area contributed by atoms with Gasteiger partial charge in [0.15, 0.2) is 11.5 Å². The lowest BCUT2D eigenvalue weighted by Gasteiger charge is -2.19. The molecule has 4 nitrogen and oxygen atoms in total. The van der Waals surface area contributed by atoms with Gasteiger partial charge in [0, 0.05) is 18.2 Å². The predicted octanol–water partition coefficient (Wildman–Crippen LogP) is 2.59. The molecule has 0 aromatic heterocycles. The predicted molar refractivity (Wildman–Crippen MR) is 81.3 cm³/mol. The summed E-state index contributed by atoms with van der Waals surface area (Å²) in [5.74, 6) is 2.01. The van der Waals surface area contributed by atoms with E-state index < -0.39 is 0 Å².